The Morgan fingerprint density at radius 2 is 2.00 bits per heavy atom. The van der Waals surface area contributed by atoms with Gasteiger partial charge in [-0.1, -0.05) is 6.92 Å². The van der Waals surface area contributed by atoms with Crippen LogP contribution in [0.15, 0.2) is 0 Å². The Balaban J connectivity index is 1.58. The van der Waals surface area contributed by atoms with Gasteiger partial charge in [-0.05, 0) is 45.3 Å². The predicted octanol–water partition coefficient (Wildman–Crippen LogP) is 3.04. The molecule has 2 aliphatic heterocycles. The average molecular weight is 390 g/mol. The molecule has 1 N–H and O–H groups in total. The molecule has 0 spiro atoms. The summed E-state index contributed by atoms with van der Waals surface area (Å²) in [6.45, 7) is 14.3. The second-order valence-electron chi connectivity index (χ2n) is 7.65. The minimum atomic E-state index is 0.614. The zero-order valence-corrected chi connectivity index (χ0v) is 17.6. The van der Waals surface area contributed by atoms with Gasteiger partial charge in [-0.15, -0.1) is 11.3 Å². The monoisotopic (exact) mass is 389 g/mol. The van der Waals surface area contributed by atoms with E-state index in [4.69, 9.17) is 14.7 Å². The summed E-state index contributed by atoms with van der Waals surface area (Å²) in [6, 6.07) is 0.614. The molecule has 2 aromatic heterocycles. The van der Waals surface area contributed by atoms with Crippen molar-refractivity contribution < 1.29 is 4.74 Å². The summed E-state index contributed by atoms with van der Waals surface area (Å²) in [7, 11) is 0. The molecule has 2 fully saturated rings. The van der Waals surface area contributed by atoms with Crippen molar-refractivity contribution in [2.75, 3.05) is 51.3 Å². The summed E-state index contributed by atoms with van der Waals surface area (Å²) in [6.07, 6.45) is 2.58. The zero-order chi connectivity index (χ0) is 18.8. The largest absolute Gasteiger partial charge is 0.379 e. The number of hydrogen-bond donors (Lipinski definition) is 1. The molecular formula is C20H31N5OS. The molecular weight excluding hydrogens is 358 g/mol. The van der Waals surface area contributed by atoms with Crippen LogP contribution in [0.4, 0.5) is 5.82 Å². The maximum atomic E-state index is 5.47. The number of nitrogens with zero attached hydrogens (tertiary/aromatic N) is 4. The molecule has 2 aromatic rings. The van der Waals surface area contributed by atoms with Crippen molar-refractivity contribution in [3.05, 3.63) is 16.3 Å². The van der Waals surface area contributed by atoms with Gasteiger partial charge in [0.1, 0.15) is 16.5 Å². The van der Waals surface area contributed by atoms with Crippen LogP contribution in [0.3, 0.4) is 0 Å². The SMILES string of the molecule is CCN1CCCC1CNc1nc(CN2CCOCC2)nc2sc(C)c(C)c12. The number of likely N-dealkylation sites (tertiary alicyclic amines) is 1. The Hall–Kier alpha value is -1.28. The van der Waals surface area contributed by atoms with Crippen LogP contribution in [-0.2, 0) is 11.3 Å². The van der Waals surface area contributed by atoms with E-state index < -0.39 is 0 Å². The van der Waals surface area contributed by atoms with E-state index in [-0.39, 0.29) is 0 Å². The highest BCUT2D eigenvalue weighted by molar-refractivity contribution is 7.18. The van der Waals surface area contributed by atoms with Gasteiger partial charge in [-0.25, -0.2) is 9.97 Å². The highest BCUT2D eigenvalue weighted by Crippen LogP contribution is 2.33. The number of rotatable bonds is 6. The Morgan fingerprint density at radius 3 is 2.78 bits per heavy atom. The molecule has 7 heteroatoms. The highest BCUT2D eigenvalue weighted by atomic mass is 32.1. The van der Waals surface area contributed by atoms with Crippen LogP contribution in [0.2, 0.25) is 0 Å². The Labute approximate surface area is 165 Å². The van der Waals surface area contributed by atoms with Crippen molar-refractivity contribution in [3.8, 4) is 0 Å². The number of fused-ring (bicyclic) bond motifs is 1. The molecule has 4 heterocycles. The van der Waals surface area contributed by atoms with E-state index in [1.165, 1.54) is 35.2 Å². The number of morpholine rings is 1. The number of ether oxygens (including phenoxy) is 1. The van der Waals surface area contributed by atoms with Crippen LogP contribution in [0.1, 0.15) is 36.0 Å². The first-order valence-corrected chi connectivity index (χ1v) is 11.0. The molecule has 0 saturated carbocycles. The van der Waals surface area contributed by atoms with Crippen molar-refractivity contribution in [2.45, 2.75) is 46.2 Å². The number of likely N-dealkylation sites (N-methyl/N-ethyl adjacent to an activating group) is 1. The molecule has 0 amide bonds. The van der Waals surface area contributed by atoms with Gasteiger partial charge in [0.2, 0.25) is 0 Å². The third-order valence-corrected chi connectivity index (χ3v) is 7.06. The minimum absolute atomic E-state index is 0.614. The maximum absolute atomic E-state index is 5.47. The number of anilines is 1. The highest BCUT2D eigenvalue weighted by Gasteiger charge is 2.24. The average Bonchev–Trinajstić information content (AvgIpc) is 3.24. The van der Waals surface area contributed by atoms with Gasteiger partial charge in [-0.2, -0.15) is 0 Å². The van der Waals surface area contributed by atoms with Crippen LogP contribution < -0.4 is 5.32 Å². The summed E-state index contributed by atoms with van der Waals surface area (Å²) in [5, 5.41) is 4.91. The second kappa shape index (κ2) is 8.39. The third-order valence-electron chi connectivity index (χ3n) is 5.95. The van der Waals surface area contributed by atoms with Crippen LogP contribution in [-0.4, -0.2) is 71.7 Å². The van der Waals surface area contributed by atoms with E-state index in [1.807, 2.05) is 0 Å². The molecule has 0 bridgehead atoms. The Morgan fingerprint density at radius 1 is 1.19 bits per heavy atom. The van der Waals surface area contributed by atoms with Crippen molar-refractivity contribution in [1.82, 2.24) is 19.8 Å². The number of nitrogens with one attached hydrogen (secondary N) is 1. The molecule has 0 radical (unpaired) electrons. The van der Waals surface area contributed by atoms with Crippen molar-refractivity contribution in [1.29, 1.82) is 0 Å². The first-order chi connectivity index (χ1) is 13.2. The fourth-order valence-electron chi connectivity index (χ4n) is 4.21. The van der Waals surface area contributed by atoms with Gasteiger partial charge in [0, 0.05) is 30.6 Å². The molecule has 1 unspecified atom stereocenters. The fourth-order valence-corrected chi connectivity index (χ4v) is 5.26. The lowest BCUT2D eigenvalue weighted by molar-refractivity contribution is 0.0331. The summed E-state index contributed by atoms with van der Waals surface area (Å²) < 4.78 is 5.47. The van der Waals surface area contributed by atoms with Crippen molar-refractivity contribution >= 4 is 27.4 Å². The van der Waals surface area contributed by atoms with Crippen LogP contribution in [0.25, 0.3) is 10.2 Å². The van der Waals surface area contributed by atoms with Crippen molar-refractivity contribution in [3.63, 3.8) is 0 Å². The van der Waals surface area contributed by atoms with Gasteiger partial charge < -0.3 is 10.1 Å². The topological polar surface area (TPSA) is 53.5 Å². The molecule has 27 heavy (non-hydrogen) atoms. The normalized spacial score (nSPS) is 22.0. The smallest absolute Gasteiger partial charge is 0.146 e. The van der Waals surface area contributed by atoms with Gasteiger partial charge in [0.25, 0.3) is 0 Å². The van der Waals surface area contributed by atoms with E-state index in [2.05, 4.69) is 35.9 Å². The fraction of sp³-hybridized carbons (Fsp3) is 0.700. The molecule has 0 aliphatic carbocycles. The first-order valence-electron chi connectivity index (χ1n) is 10.2. The van der Waals surface area contributed by atoms with E-state index in [9.17, 15) is 0 Å². The summed E-state index contributed by atoms with van der Waals surface area (Å²) in [5.41, 5.74) is 1.31. The molecule has 6 nitrogen and oxygen atoms in total. The number of aryl methyl sites for hydroxylation is 2. The zero-order valence-electron chi connectivity index (χ0n) is 16.8. The van der Waals surface area contributed by atoms with Gasteiger partial charge in [-0.3, -0.25) is 9.80 Å². The number of aromatic nitrogens is 2. The van der Waals surface area contributed by atoms with Gasteiger partial charge >= 0.3 is 0 Å². The lowest BCUT2D eigenvalue weighted by Gasteiger charge is -2.26. The van der Waals surface area contributed by atoms with Crippen LogP contribution in [0.5, 0.6) is 0 Å². The van der Waals surface area contributed by atoms with E-state index >= 15 is 0 Å². The Kier molecular flexibility index (Phi) is 5.92. The minimum Gasteiger partial charge on any atom is -0.379 e. The molecule has 2 aliphatic rings. The maximum Gasteiger partial charge on any atom is 0.146 e. The lowest BCUT2D eigenvalue weighted by Crippen LogP contribution is -2.36. The van der Waals surface area contributed by atoms with Crippen LogP contribution in [0, 0.1) is 13.8 Å². The van der Waals surface area contributed by atoms with Gasteiger partial charge in [0.15, 0.2) is 0 Å². The van der Waals surface area contributed by atoms with Crippen molar-refractivity contribution in [2.24, 2.45) is 0 Å². The summed E-state index contributed by atoms with van der Waals surface area (Å²) in [5.74, 6) is 1.94. The molecule has 4 rings (SSSR count). The second-order valence-corrected chi connectivity index (χ2v) is 8.85. The predicted molar refractivity (Wildman–Crippen MR) is 112 cm³/mol. The number of thiophene rings is 1. The first kappa shape index (κ1) is 19.1. The molecule has 0 aromatic carbocycles. The lowest BCUT2D eigenvalue weighted by atomic mass is 10.2. The van der Waals surface area contributed by atoms with Crippen LogP contribution >= 0.6 is 11.3 Å². The summed E-state index contributed by atoms with van der Waals surface area (Å²) >= 11 is 1.79. The molecule has 1 atom stereocenters. The van der Waals surface area contributed by atoms with E-state index in [0.29, 0.717) is 6.04 Å². The van der Waals surface area contributed by atoms with E-state index in [1.54, 1.807) is 11.3 Å². The van der Waals surface area contributed by atoms with E-state index in [0.717, 1.165) is 62.4 Å². The van der Waals surface area contributed by atoms with Gasteiger partial charge in [0.05, 0.1) is 25.1 Å². The number of hydrogen-bond acceptors (Lipinski definition) is 7. The summed E-state index contributed by atoms with van der Waals surface area (Å²) in [4.78, 5) is 17.3. The molecule has 148 valence electrons. The standard InChI is InChI=1S/C20H31N5OS/c1-4-25-7-5-6-16(25)12-21-19-18-14(2)15(3)27-20(18)23-17(22-19)13-24-8-10-26-11-9-24/h16H,4-13H2,1-3H3,(H,21,22,23). The third kappa shape index (κ3) is 4.11. The quantitative estimate of drug-likeness (QED) is 0.820. The molecule has 2 saturated heterocycles. The Bertz CT molecular complexity index is 786.